The monoisotopic (exact) mass is 341 g/mol. The van der Waals surface area contributed by atoms with Gasteiger partial charge in [-0.25, -0.2) is 4.98 Å². The molecule has 102 valence electrons. The second-order valence-corrected chi connectivity index (χ2v) is 5.61. The van der Waals surface area contributed by atoms with Crippen molar-refractivity contribution in [2.24, 2.45) is 0 Å². The number of hydrogen-bond donors (Lipinski definition) is 1. The molecule has 0 bridgehead atoms. The molecule has 3 nitrogen and oxygen atoms in total. The fraction of sp³-hybridized carbons (Fsp3) is 0.357. The van der Waals surface area contributed by atoms with Gasteiger partial charge in [0.1, 0.15) is 5.82 Å². The maximum absolute atomic E-state index is 6.04. The summed E-state index contributed by atoms with van der Waals surface area (Å²) in [4.78, 5) is 4.43. The first-order valence-electron chi connectivity index (χ1n) is 6.28. The highest BCUT2D eigenvalue weighted by molar-refractivity contribution is 9.10. The second kappa shape index (κ2) is 6.55. The lowest BCUT2D eigenvalue weighted by Crippen LogP contribution is -2.20. The Morgan fingerprint density at radius 3 is 2.89 bits per heavy atom. The van der Waals surface area contributed by atoms with Crippen LogP contribution in [0.4, 0.5) is 0 Å². The molecule has 1 N–H and O–H groups in total. The number of hydrogen-bond acceptors (Lipinski definition) is 2. The highest BCUT2D eigenvalue weighted by Crippen LogP contribution is 2.27. The molecular weight excluding hydrogens is 326 g/mol. The predicted molar refractivity (Wildman–Crippen MR) is 82.6 cm³/mol. The third-order valence-corrected chi connectivity index (χ3v) is 4.44. The fourth-order valence-electron chi connectivity index (χ4n) is 2.12. The zero-order chi connectivity index (χ0) is 13.8. The Labute approximate surface area is 127 Å². The number of imidazole rings is 1. The topological polar surface area (TPSA) is 29.9 Å². The van der Waals surface area contributed by atoms with E-state index in [0.29, 0.717) is 0 Å². The summed E-state index contributed by atoms with van der Waals surface area (Å²) < 4.78 is 3.08. The van der Waals surface area contributed by atoms with Crippen LogP contribution in [0.5, 0.6) is 0 Å². The Morgan fingerprint density at radius 2 is 2.26 bits per heavy atom. The van der Waals surface area contributed by atoms with Gasteiger partial charge in [0.15, 0.2) is 0 Å². The summed E-state index contributed by atoms with van der Waals surface area (Å²) >= 11 is 9.50. The van der Waals surface area contributed by atoms with E-state index in [4.69, 9.17) is 11.6 Å². The van der Waals surface area contributed by atoms with Gasteiger partial charge in [0.25, 0.3) is 0 Å². The Hall–Kier alpha value is -0.840. The molecule has 0 amide bonds. The minimum Gasteiger partial charge on any atom is -0.335 e. The fourth-order valence-corrected chi connectivity index (χ4v) is 2.63. The average molecular weight is 343 g/mol. The first-order valence-corrected chi connectivity index (χ1v) is 7.45. The van der Waals surface area contributed by atoms with Crippen LogP contribution in [0.1, 0.15) is 24.4 Å². The van der Waals surface area contributed by atoms with Crippen LogP contribution >= 0.6 is 27.5 Å². The zero-order valence-corrected chi connectivity index (χ0v) is 13.4. The van der Waals surface area contributed by atoms with E-state index in [2.05, 4.69) is 43.8 Å². The normalized spacial score (nSPS) is 12.6. The van der Waals surface area contributed by atoms with Crippen molar-refractivity contribution in [2.75, 3.05) is 7.05 Å². The smallest absolute Gasteiger partial charge is 0.110 e. The maximum Gasteiger partial charge on any atom is 0.110 e. The molecule has 1 heterocycles. The number of aromatic nitrogens is 2. The molecule has 5 heteroatoms. The summed E-state index contributed by atoms with van der Waals surface area (Å²) in [6.07, 6.45) is 4.72. The lowest BCUT2D eigenvalue weighted by molar-refractivity contribution is 0.553. The summed E-state index contributed by atoms with van der Waals surface area (Å²) in [5.74, 6) is 1.09. The highest BCUT2D eigenvalue weighted by atomic mass is 79.9. The van der Waals surface area contributed by atoms with Gasteiger partial charge >= 0.3 is 0 Å². The van der Waals surface area contributed by atoms with Crippen LogP contribution < -0.4 is 5.32 Å². The van der Waals surface area contributed by atoms with Gasteiger partial charge in [0.2, 0.25) is 0 Å². The molecule has 2 rings (SSSR count). The quantitative estimate of drug-likeness (QED) is 0.895. The van der Waals surface area contributed by atoms with Gasteiger partial charge in [-0.2, -0.15) is 0 Å². The van der Waals surface area contributed by atoms with Crippen molar-refractivity contribution in [1.29, 1.82) is 0 Å². The summed E-state index contributed by atoms with van der Waals surface area (Å²) in [6.45, 7) is 3.06. The van der Waals surface area contributed by atoms with E-state index >= 15 is 0 Å². The molecule has 1 aromatic carbocycles. The van der Waals surface area contributed by atoms with E-state index in [1.807, 2.05) is 31.6 Å². The number of halogens is 2. The lowest BCUT2D eigenvalue weighted by atomic mass is 10.0. The maximum atomic E-state index is 6.04. The van der Waals surface area contributed by atoms with Crippen LogP contribution in [-0.2, 0) is 13.0 Å². The van der Waals surface area contributed by atoms with E-state index < -0.39 is 0 Å². The predicted octanol–water partition coefficient (Wildman–Crippen LogP) is 3.82. The third kappa shape index (κ3) is 3.38. The van der Waals surface area contributed by atoms with Crippen LogP contribution in [0.15, 0.2) is 35.1 Å². The van der Waals surface area contributed by atoms with Gasteiger partial charge in [-0.15, -0.1) is 0 Å². The van der Waals surface area contributed by atoms with Crippen molar-refractivity contribution >= 4 is 27.5 Å². The second-order valence-electron chi connectivity index (χ2n) is 4.35. The molecule has 1 atom stereocenters. The van der Waals surface area contributed by atoms with E-state index in [1.54, 1.807) is 0 Å². The van der Waals surface area contributed by atoms with Crippen molar-refractivity contribution in [1.82, 2.24) is 14.9 Å². The molecule has 1 unspecified atom stereocenters. The lowest BCUT2D eigenvalue weighted by Gasteiger charge is -2.17. The molecule has 1 aromatic heterocycles. The molecule has 0 aliphatic rings. The highest BCUT2D eigenvalue weighted by Gasteiger charge is 2.14. The van der Waals surface area contributed by atoms with Gasteiger partial charge in [-0.3, -0.25) is 0 Å². The SMILES string of the molecule is CCn1ccnc1CC(NC)c1ccc(Cl)c(Br)c1. The molecule has 0 spiro atoms. The van der Waals surface area contributed by atoms with E-state index in [0.717, 1.165) is 28.3 Å². The number of rotatable bonds is 5. The molecule has 0 aliphatic heterocycles. The zero-order valence-electron chi connectivity index (χ0n) is 11.0. The molecule has 0 aliphatic carbocycles. The van der Waals surface area contributed by atoms with Crippen LogP contribution in [0, 0.1) is 0 Å². The number of benzene rings is 1. The summed E-state index contributed by atoms with van der Waals surface area (Å²) in [6, 6.07) is 6.25. The van der Waals surface area contributed by atoms with Crippen molar-refractivity contribution in [3.63, 3.8) is 0 Å². The van der Waals surface area contributed by atoms with Gasteiger partial charge in [-0.1, -0.05) is 17.7 Å². The van der Waals surface area contributed by atoms with Gasteiger partial charge in [0, 0.05) is 35.9 Å². The van der Waals surface area contributed by atoms with Crippen LogP contribution in [0.2, 0.25) is 5.02 Å². The number of likely N-dealkylation sites (N-methyl/N-ethyl adjacent to an activating group) is 1. The third-order valence-electron chi connectivity index (χ3n) is 3.22. The largest absolute Gasteiger partial charge is 0.335 e. The summed E-state index contributed by atoms with van der Waals surface area (Å²) in [7, 11) is 1.96. The summed E-state index contributed by atoms with van der Waals surface area (Å²) in [5, 5.41) is 4.07. The van der Waals surface area contributed by atoms with Gasteiger partial charge in [0.05, 0.1) is 5.02 Å². The number of aryl methyl sites for hydroxylation is 1. The number of nitrogens with zero attached hydrogens (tertiary/aromatic N) is 2. The molecule has 0 saturated carbocycles. The van der Waals surface area contributed by atoms with E-state index in [-0.39, 0.29) is 6.04 Å². The standard InChI is InChI=1S/C14H17BrClN3/c1-3-19-7-6-18-14(19)9-13(17-2)10-4-5-12(16)11(15)8-10/h4-8,13,17H,3,9H2,1-2H3. The molecular formula is C14H17BrClN3. The number of nitrogens with one attached hydrogen (secondary N) is 1. The molecule has 0 fully saturated rings. The molecule has 2 aromatic rings. The Morgan fingerprint density at radius 1 is 1.47 bits per heavy atom. The van der Waals surface area contributed by atoms with Crippen LogP contribution in [0.3, 0.4) is 0 Å². The van der Waals surface area contributed by atoms with Gasteiger partial charge < -0.3 is 9.88 Å². The first kappa shape index (κ1) is 14.6. The minimum absolute atomic E-state index is 0.223. The van der Waals surface area contributed by atoms with Crippen molar-refractivity contribution in [2.45, 2.75) is 25.9 Å². The van der Waals surface area contributed by atoms with E-state index in [9.17, 15) is 0 Å². The van der Waals surface area contributed by atoms with Crippen LogP contribution in [-0.4, -0.2) is 16.6 Å². The molecule has 0 radical (unpaired) electrons. The van der Waals surface area contributed by atoms with Crippen LogP contribution in [0.25, 0.3) is 0 Å². The Kier molecular flexibility index (Phi) is 5.02. The first-order chi connectivity index (χ1) is 9.15. The molecule has 19 heavy (non-hydrogen) atoms. The van der Waals surface area contributed by atoms with E-state index in [1.165, 1.54) is 5.56 Å². The average Bonchev–Trinajstić information content (AvgIpc) is 2.86. The van der Waals surface area contributed by atoms with Crippen molar-refractivity contribution < 1.29 is 0 Å². The minimum atomic E-state index is 0.223. The Bertz CT molecular complexity index is 553. The van der Waals surface area contributed by atoms with Crippen molar-refractivity contribution in [3.8, 4) is 0 Å². The Balaban J connectivity index is 2.22. The molecule has 0 saturated heterocycles. The van der Waals surface area contributed by atoms with Gasteiger partial charge in [-0.05, 0) is 47.6 Å². The summed E-state index contributed by atoms with van der Waals surface area (Å²) in [5.41, 5.74) is 1.20. The van der Waals surface area contributed by atoms with Crippen molar-refractivity contribution in [3.05, 3.63) is 51.5 Å².